The number of anilines is 1. The number of benzene rings is 2. The second-order valence-corrected chi connectivity index (χ2v) is 4.85. The molecule has 4 heteroatoms. The van der Waals surface area contributed by atoms with E-state index in [9.17, 15) is 4.79 Å². The number of hydrogen-bond acceptors (Lipinski definition) is 3. The normalized spacial score (nSPS) is 10.2. The average Bonchev–Trinajstić information content (AvgIpc) is 2.38. The summed E-state index contributed by atoms with van der Waals surface area (Å²) >= 11 is 1.54. The molecule has 18 heavy (non-hydrogen) atoms. The van der Waals surface area contributed by atoms with Crippen LogP contribution in [0, 0.1) is 0 Å². The van der Waals surface area contributed by atoms with E-state index in [1.165, 1.54) is 11.6 Å². The Morgan fingerprint density at radius 1 is 1.17 bits per heavy atom. The zero-order chi connectivity index (χ0) is 13.0. The lowest BCUT2D eigenvalue weighted by molar-refractivity contribution is 0.0696. The fourth-order valence-electron chi connectivity index (χ4n) is 1.53. The van der Waals surface area contributed by atoms with Crippen molar-refractivity contribution in [3.05, 3.63) is 59.7 Å². The van der Waals surface area contributed by atoms with Crippen molar-refractivity contribution < 1.29 is 9.90 Å². The van der Waals surface area contributed by atoms with Gasteiger partial charge in [0.25, 0.3) is 0 Å². The van der Waals surface area contributed by atoms with Gasteiger partial charge in [0, 0.05) is 16.3 Å². The highest BCUT2D eigenvalue weighted by atomic mass is 32.2. The number of nitrogen functional groups attached to an aromatic ring is 1. The van der Waals surface area contributed by atoms with Crippen LogP contribution in [0.2, 0.25) is 0 Å². The van der Waals surface area contributed by atoms with Crippen molar-refractivity contribution >= 4 is 23.4 Å². The van der Waals surface area contributed by atoms with Crippen molar-refractivity contribution in [1.29, 1.82) is 0 Å². The van der Waals surface area contributed by atoms with Gasteiger partial charge in [-0.25, -0.2) is 4.79 Å². The quantitative estimate of drug-likeness (QED) is 0.653. The summed E-state index contributed by atoms with van der Waals surface area (Å²) in [5, 5.41) is 8.94. The van der Waals surface area contributed by atoms with Gasteiger partial charge in [-0.15, -0.1) is 11.8 Å². The van der Waals surface area contributed by atoms with Gasteiger partial charge in [0.15, 0.2) is 0 Å². The van der Waals surface area contributed by atoms with Gasteiger partial charge in [-0.1, -0.05) is 30.3 Å². The van der Waals surface area contributed by atoms with Crippen LogP contribution in [-0.2, 0) is 5.75 Å². The second kappa shape index (κ2) is 5.60. The summed E-state index contributed by atoms with van der Waals surface area (Å²) in [5.74, 6) is -0.162. The molecule has 2 rings (SSSR count). The molecule has 0 fully saturated rings. The summed E-state index contributed by atoms with van der Waals surface area (Å²) in [5.41, 5.74) is 7.90. The third-order valence-electron chi connectivity index (χ3n) is 2.50. The molecule has 0 bridgehead atoms. The minimum absolute atomic E-state index is 0.264. The molecule has 0 aliphatic heterocycles. The summed E-state index contributed by atoms with van der Waals surface area (Å²) in [4.78, 5) is 11.7. The second-order valence-electron chi connectivity index (χ2n) is 3.83. The monoisotopic (exact) mass is 259 g/mol. The molecule has 0 aliphatic carbocycles. The number of hydrogen-bond donors (Lipinski definition) is 2. The summed E-state index contributed by atoms with van der Waals surface area (Å²) in [6, 6.07) is 14.8. The fraction of sp³-hybridized carbons (Fsp3) is 0.0714. The Kier molecular flexibility index (Phi) is 3.89. The first kappa shape index (κ1) is 12.5. The third-order valence-corrected chi connectivity index (χ3v) is 3.64. The van der Waals surface area contributed by atoms with Crippen molar-refractivity contribution in [2.24, 2.45) is 0 Å². The summed E-state index contributed by atoms with van der Waals surface area (Å²) in [6.45, 7) is 0. The van der Waals surface area contributed by atoms with E-state index in [1.54, 1.807) is 23.9 Å². The van der Waals surface area contributed by atoms with Crippen LogP contribution in [-0.4, -0.2) is 11.1 Å². The Bertz CT molecular complexity index is 555. The van der Waals surface area contributed by atoms with Gasteiger partial charge in [-0.05, 0) is 23.8 Å². The minimum Gasteiger partial charge on any atom is -0.478 e. The summed E-state index contributed by atoms with van der Waals surface area (Å²) in [7, 11) is 0. The lowest BCUT2D eigenvalue weighted by Gasteiger charge is -2.06. The molecule has 0 radical (unpaired) electrons. The topological polar surface area (TPSA) is 63.3 Å². The number of rotatable bonds is 4. The molecule has 3 N–H and O–H groups in total. The van der Waals surface area contributed by atoms with Gasteiger partial charge < -0.3 is 10.8 Å². The smallest absolute Gasteiger partial charge is 0.335 e. The molecule has 0 atom stereocenters. The molecule has 0 aliphatic rings. The van der Waals surface area contributed by atoms with Crippen molar-refractivity contribution in [2.75, 3.05) is 5.73 Å². The van der Waals surface area contributed by atoms with Crippen LogP contribution in [0.3, 0.4) is 0 Å². The highest BCUT2D eigenvalue weighted by molar-refractivity contribution is 7.98. The Morgan fingerprint density at radius 3 is 2.56 bits per heavy atom. The number of carbonyl (C=O) groups is 1. The zero-order valence-electron chi connectivity index (χ0n) is 9.67. The molecule has 0 amide bonds. The zero-order valence-corrected chi connectivity index (χ0v) is 10.5. The van der Waals surface area contributed by atoms with E-state index in [1.807, 2.05) is 30.3 Å². The maximum absolute atomic E-state index is 10.9. The van der Waals surface area contributed by atoms with Crippen LogP contribution in [0.4, 0.5) is 5.69 Å². The number of thioether (sulfide) groups is 1. The molecule has 0 unspecified atom stereocenters. The molecule has 0 saturated heterocycles. The van der Waals surface area contributed by atoms with E-state index < -0.39 is 5.97 Å². The van der Waals surface area contributed by atoms with Gasteiger partial charge in [-0.3, -0.25) is 0 Å². The predicted octanol–water partition coefficient (Wildman–Crippen LogP) is 3.26. The highest BCUT2D eigenvalue weighted by Gasteiger charge is 2.07. The van der Waals surface area contributed by atoms with Crippen LogP contribution in [0.5, 0.6) is 0 Å². The van der Waals surface area contributed by atoms with E-state index in [-0.39, 0.29) is 5.56 Å². The Hall–Kier alpha value is -1.94. The molecule has 92 valence electrons. The summed E-state index contributed by atoms with van der Waals surface area (Å²) < 4.78 is 0. The highest BCUT2D eigenvalue weighted by Crippen LogP contribution is 2.29. The van der Waals surface area contributed by atoms with Gasteiger partial charge >= 0.3 is 5.97 Å². The Morgan fingerprint density at radius 2 is 1.89 bits per heavy atom. The lowest BCUT2D eigenvalue weighted by atomic mass is 10.2. The first-order valence-electron chi connectivity index (χ1n) is 5.46. The fourth-order valence-corrected chi connectivity index (χ4v) is 2.49. The predicted molar refractivity (Wildman–Crippen MR) is 73.8 cm³/mol. The lowest BCUT2D eigenvalue weighted by Crippen LogP contribution is -1.98. The van der Waals surface area contributed by atoms with E-state index in [0.29, 0.717) is 5.69 Å². The molecule has 0 saturated carbocycles. The minimum atomic E-state index is -0.934. The summed E-state index contributed by atoms with van der Waals surface area (Å²) in [6.07, 6.45) is 0. The molecule has 2 aromatic carbocycles. The SMILES string of the molecule is Nc1ccc(C(=O)O)cc1SCc1ccccc1. The van der Waals surface area contributed by atoms with Gasteiger partial charge in [0.2, 0.25) is 0 Å². The molecule has 0 aromatic heterocycles. The standard InChI is InChI=1S/C14H13NO2S/c15-12-7-6-11(14(16)17)8-13(12)18-9-10-4-2-1-3-5-10/h1-8H,9,15H2,(H,16,17). The third kappa shape index (κ3) is 3.05. The molecular formula is C14H13NO2S. The van der Waals surface area contributed by atoms with Gasteiger partial charge in [0.1, 0.15) is 0 Å². The van der Waals surface area contributed by atoms with Crippen molar-refractivity contribution in [3.63, 3.8) is 0 Å². The largest absolute Gasteiger partial charge is 0.478 e. The van der Waals surface area contributed by atoms with E-state index in [0.717, 1.165) is 10.6 Å². The van der Waals surface area contributed by atoms with E-state index >= 15 is 0 Å². The van der Waals surface area contributed by atoms with Crippen molar-refractivity contribution in [2.45, 2.75) is 10.6 Å². The Balaban J connectivity index is 2.14. The molecule has 2 aromatic rings. The van der Waals surface area contributed by atoms with Crippen molar-refractivity contribution in [1.82, 2.24) is 0 Å². The van der Waals surface area contributed by atoms with Crippen LogP contribution < -0.4 is 5.73 Å². The first-order chi connectivity index (χ1) is 8.66. The number of carboxylic acid groups (broad SMARTS) is 1. The Labute approximate surface area is 110 Å². The van der Waals surface area contributed by atoms with E-state index in [4.69, 9.17) is 10.8 Å². The van der Waals surface area contributed by atoms with Crippen LogP contribution in [0.1, 0.15) is 15.9 Å². The van der Waals surface area contributed by atoms with Crippen LogP contribution >= 0.6 is 11.8 Å². The molecule has 0 spiro atoms. The maximum atomic E-state index is 10.9. The van der Waals surface area contributed by atoms with Crippen LogP contribution in [0.15, 0.2) is 53.4 Å². The molecular weight excluding hydrogens is 246 g/mol. The maximum Gasteiger partial charge on any atom is 0.335 e. The van der Waals surface area contributed by atoms with E-state index in [2.05, 4.69) is 0 Å². The van der Waals surface area contributed by atoms with Gasteiger partial charge in [0.05, 0.1) is 5.56 Å². The van der Waals surface area contributed by atoms with Gasteiger partial charge in [-0.2, -0.15) is 0 Å². The number of nitrogens with two attached hydrogens (primary N) is 1. The first-order valence-corrected chi connectivity index (χ1v) is 6.45. The van der Waals surface area contributed by atoms with Crippen molar-refractivity contribution in [3.8, 4) is 0 Å². The number of carboxylic acids is 1. The average molecular weight is 259 g/mol. The molecule has 0 heterocycles. The van der Waals surface area contributed by atoms with Crippen LogP contribution in [0.25, 0.3) is 0 Å². The molecule has 3 nitrogen and oxygen atoms in total. The number of aromatic carboxylic acids is 1.